The molecule has 12 heteroatoms. The number of hydrogen-bond acceptors (Lipinski definition) is 12. The number of ether oxygens (including phenoxy) is 8. The van der Waals surface area contributed by atoms with E-state index < -0.39 is 24.4 Å². The molecule has 86 heavy (non-hydrogen) atoms. The number of carbonyl (C=O) groups excluding carboxylic acids is 2. The van der Waals surface area contributed by atoms with Crippen LogP contribution in [-0.4, -0.2) is 98.5 Å². The minimum absolute atomic E-state index is 0.0244. The Morgan fingerprint density at radius 3 is 1.15 bits per heavy atom. The molecule has 2 heterocycles. The number of morpholine rings is 2. The first kappa shape index (κ1) is 62.8. The molecule has 12 nitrogen and oxygen atoms in total. The average molecular weight is 1180 g/mol. The standard InChI is InChI=1S/C74H102N2O10/c1-5-9-13-49-17-25-53(26-18-49)55-33-37-59(38-34-55)79-47-81-69-43-63-67(45-71(69)85-73(77)57-29-21-51(22-30-57)15-11-7-3)83-65-42-62-66(41-61(65)75-63)84-68-46-72(86-74(78)58-31-23-52(24-32-58)16-12-8-4)70(44-64(68)76-62)82-48-80-60-39-35-56(36-40-60)54-27-19-50(20-28-54)14-10-6-2/h21-24,29-40,49-50,53-54,61-72,75-76H,5-20,25-28,41-48H2,1-4H3. The zero-order valence-corrected chi connectivity index (χ0v) is 52.4. The zero-order valence-electron chi connectivity index (χ0n) is 52.4. The van der Waals surface area contributed by atoms with Crippen molar-refractivity contribution in [1.29, 1.82) is 0 Å². The number of hydrogen-bond donors (Lipinski definition) is 2. The van der Waals surface area contributed by atoms with Gasteiger partial charge in [0.2, 0.25) is 0 Å². The summed E-state index contributed by atoms with van der Waals surface area (Å²) in [6.07, 6.45) is 26.0. The van der Waals surface area contributed by atoms with Crippen LogP contribution in [0.25, 0.3) is 0 Å². The van der Waals surface area contributed by atoms with Gasteiger partial charge in [0, 0.05) is 37.0 Å². The average Bonchev–Trinajstić information content (AvgIpc) is 1.49. The van der Waals surface area contributed by atoms with E-state index in [4.69, 9.17) is 37.9 Å². The van der Waals surface area contributed by atoms with Gasteiger partial charge < -0.3 is 48.5 Å². The van der Waals surface area contributed by atoms with Crippen molar-refractivity contribution in [1.82, 2.24) is 10.6 Å². The van der Waals surface area contributed by atoms with E-state index in [9.17, 15) is 9.59 Å². The van der Waals surface area contributed by atoms with E-state index in [1.807, 2.05) is 48.5 Å². The summed E-state index contributed by atoms with van der Waals surface area (Å²) < 4.78 is 52.9. The number of esters is 2. The molecule has 2 N–H and O–H groups in total. The van der Waals surface area contributed by atoms with Crippen molar-refractivity contribution < 1.29 is 47.5 Å². The van der Waals surface area contributed by atoms with Crippen molar-refractivity contribution >= 4 is 11.9 Å². The Morgan fingerprint density at radius 2 is 0.779 bits per heavy atom. The molecule has 7 aliphatic rings. The van der Waals surface area contributed by atoms with Gasteiger partial charge >= 0.3 is 11.9 Å². The second-order valence-electron chi connectivity index (χ2n) is 26.9. The quantitative estimate of drug-likeness (QED) is 0.0458. The molecule has 4 aromatic carbocycles. The summed E-state index contributed by atoms with van der Waals surface area (Å²) in [5.74, 6) is 3.81. The van der Waals surface area contributed by atoms with Crippen LogP contribution in [0.2, 0.25) is 0 Å². The van der Waals surface area contributed by atoms with Gasteiger partial charge in [-0.25, -0.2) is 9.59 Å². The summed E-state index contributed by atoms with van der Waals surface area (Å²) in [4.78, 5) is 27.9. The van der Waals surface area contributed by atoms with Crippen LogP contribution in [0, 0.1) is 11.8 Å². The maximum Gasteiger partial charge on any atom is 0.338 e. The van der Waals surface area contributed by atoms with Crippen molar-refractivity contribution in [2.45, 2.75) is 279 Å². The van der Waals surface area contributed by atoms with E-state index in [0.717, 1.165) is 74.7 Å². The molecule has 7 fully saturated rings. The van der Waals surface area contributed by atoms with E-state index in [0.29, 0.717) is 48.6 Å². The second kappa shape index (κ2) is 31.1. The Labute approximate surface area is 514 Å². The van der Waals surface area contributed by atoms with Crippen molar-refractivity contribution in [2.75, 3.05) is 13.6 Å². The summed E-state index contributed by atoms with van der Waals surface area (Å²) in [6.45, 7) is 9.04. The minimum atomic E-state index is -0.534. The monoisotopic (exact) mass is 1180 g/mol. The van der Waals surface area contributed by atoms with Crippen LogP contribution in [0.4, 0.5) is 0 Å². The zero-order chi connectivity index (χ0) is 59.2. The van der Waals surface area contributed by atoms with Gasteiger partial charge in [0.05, 0.1) is 35.5 Å². The van der Waals surface area contributed by atoms with Crippen molar-refractivity contribution in [2.24, 2.45) is 11.8 Å². The van der Waals surface area contributed by atoms with Gasteiger partial charge in [0.15, 0.2) is 13.6 Å². The van der Waals surface area contributed by atoms with E-state index >= 15 is 0 Å². The Bertz CT molecular complexity index is 2500. The van der Waals surface area contributed by atoms with Gasteiger partial charge in [-0.1, -0.05) is 128 Å². The van der Waals surface area contributed by atoms with Crippen LogP contribution in [0.3, 0.4) is 0 Å². The Kier molecular flexibility index (Phi) is 22.7. The highest BCUT2D eigenvalue weighted by Crippen LogP contribution is 2.43. The predicted molar refractivity (Wildman–Crippen MR) is 337 cm³/mol. The molecular formula is C74H102N2O10. The maximum atomic E-state index is 14.0. The molecular weight excluding hydrogens is 1080 g/mol. The predicted octanol–water partition coefficient (Wildman–Crippen LogP) is 15.5. The normalized spacial score (nSPS) is 31.5. The second-order valence-corrected chi connectivity index (χ2v) is 26.9. The summed E-state index contributed by atoms with van der Waals surface area (Å²) in [5, 5.41) is 8.04. The molecule has 0 spiro atoms. The molecule has 5 aliphatic carbocycles. The molecule has 2 aliphatic heterocycles. The molecule has 12 atom stereocenters. The summed E-state index contributed by atoms with van der Waals surface area (Å²) in [7, 11) is 0. The fraction of sp³-hybridized carbons (Fsp3) is 0.649. The lowest BCUT2D eigenvalue weighted by Gasteiger charge is -2.55. The topological polar surface area (TPSA) is 132 Å². The molecule has 2 saturated heterocycles. The highest BCUT2D eigenvalue weighted by molar-refractivity contribution is 5.90. The lowest BCUT2D eigenvalue weighted by molar-refractivity contribution is -0.208. The number of carbonyl (C=O) groups is 2. The lowest BCUT2D eigenvalue weighted by Crippen LogP contribution is -2.71. The van der Waals surface area contributed by atoms with Gasteiger partial charge in [0.1, 0.15) is 35.9 Å². The minimum Gasteiger partial charge on any atom is -0.468 e. The molecule has 4 aromatic rings. The van der Waals surface area contributed by atoms with Gasteiger partial charge in [-0.15, -0.1) is 0 Å². The summed E-state index contributed by atoms with van der Waals surface area (Å²) in [5.41, 5.74) is 6.30. The third-order valence-corrected chi connectivity index (χ3v) is 20.9. The number of nitrogens with one attached hydrogen (secondary N) is 2. The van der Waals surface area contributed by atoms with E-state index in [-0.39, 0.29) is 74.1 Å². The third-order valence-electron chi connectivity index (χ3n) is 20.9. The van der Waals surface area contributed by atoms with Crippen molar-refractivity contribution in [3.8, 4) is 11.5 Å². The molecule has 5 saturated carbocycles. The van der Waals surface area contributed by atoms with Crippen LogP contribution < -0.4 is 20.1 Å². The lowest BCUT2D eigenvalue weighted by atomic mass is 9.77. The van der Waals surface area contributed by atoms with Gasteiger partial charge in [-0.3, -0.25) is 0 Å². The molecule has 0 bridgehead atoms. The third kappa shape index (κ3) is 16.5. The van der Waals surface area contributed by atoms with Crippen LogP contribution in [-0.2, 0) is 41.3 Å². The van der Waals surface area contributed by atoms with E-state index in [2.05, 4.69) is 86.9 Å². The fourth-order valence-electron chi connectivity index (χ4n) is 15.6. The number of benzene rings is 4. The van der Waals surface area contributed by atoms with Crippen LogP contribution in [0.5, 0.6) is 11.5 Å². The van der Waals surface area contributed by atoms with Crippen molar-refractivity contribution in [3.05, 3.63) is 130 Å². The van der Waals surface area contributed by atoms with Crippen LogP contribution >= 0.6 is 0 Å². The molecule has 468 valence electrons. The smallest absolute Gasteiger partial charge is 0.338 e. The van der Waals surface area contributed by atoms with Crippen LogP contribution in [0.15, 0.2) is 97.1 Å². The Morgan fingerprint density at radius 1 is 0.419 bits per heavy atom. The molecule has 0 aromatic heterocycles. The maximum absolute atomic E-state index is 14.0. The number of unbranched alkanes of at least 4 members (excludes halogenated alkanes) is 4. The van der Waals surface area contributed by atoms with E-state index in [1.165, 1.54) is 112 Å². The number of fused-ring (bicyclic) bond motifs is 4. The Balaban J connectivity index is 0.723. The highest BCUT2D eigenvalue weighted by Gasteiger charge is 2.53. The fourth-order valence-corrected chi connectivity index (χ4v) is 15.6. The molecule has 11 rings (SSSR count). The Hall–Kier alpha value is -4.82. The van der Waals surface area contributed by atoms with Gasteiger partial charge in [-0.2, -0.15) is 0 Å². The highest BCUT2D eigenvalue weighted by atomic mass is 16.7. The van der Waals surface area contributed by atoms with Crippen molar-refractivity contribution in [3.63, 3.8) is 0 Å². The summed E-state index contributed by atoms with van der Waals surface area (Å²) >= 11 is 0. The summed E-state index contributed by atoms with van der Waals surface area (Å²) in [6, 6.07) is 33.0. The molecule has 0 amide bonds. The number of aryl methyl sites for hydroxylation is 2. The van der Waals surface area contributed by atoms with E-state index in [1.54, 1.807) is 0 Å². The largest absolute Gasteiger partial charge is 0.468 e. The van der Waals surface area contributed by atoms with Crippen LogP contribution in [0.1, 0.15) is 237 Å². The van der Waals surface area contributed by atoms with Gasteiger partial charge in [0.25, 0.3) is 0 Å². The number of rotatable bonds is 26. The first-order valence-corrected chi connectivity index (χ1v) is 34.3. The first-order chi connectivity index (χ1) is 42.2. The van der Waals surface area contributed by atoms with Gasteiger partial charge in [-0.05, 0) is 197 Å². The molecule has 0 radical (unpaired) electrons. The molecule has 12 unspecified atom stereocenters. The first-order valence-electron chi connectivity index (χ1n) is 34.3. The SMILES string of the molecule is CCCCc1ccc(C(=O)OC2CC3OC4CC5NC6CC(OCOc7ccc(C8CCC(CCCC)CC8)cc7)C(OC(=O)c7ccc(CCCC)cc7)CC6OC5CC4NC3CC2OCOc2ccc(C3CCC(CCCC)CC3)cc2)cc1.